The van der Waals surface area contributed by atoms with Gasteiger partial charge in [0.1, 0.15) is 0 Å². The second-order valence-corrected chi connectivity index (χ2v) is 3.70. The van der Waals surface area contributed by atoms with Crippen LogP contribution in [0.25, 0.3) is 0 Å². The second-order valence-electron chi connectivity index (χ2n) is 3.70. The van der Waals surface area contributed by atoms with Gasteiger partial charge in [-0.1, -0.05) is 18.2 Å². The van der Waals surface area contributed by atoms with Crippen LogP contribution in [0.3, 0.4) is 0 Å². The fraction of sp³-hybridized carbons (Fsp3) is 0.455. The Bertz CT molecular complexity index is 309. The number of rotatable bonds is 1. The largest absolute Gasteiger partial charge is 0.392 e. The van der Waals surface area contributed by atoms with Gasteiger partial charge in [-0.05, 0) is 30.0 Å². The number of benzene rings is 1. The molecule has 0 saturated carbocycles. The molecule has 0 amide bonds. The van der Waals surface area contributed by atoms with Crippen molar-refractivity contribution in [3.8, 4) is 0 Å². The lowest BCUT2D eigenvalue weighted by molar-refractivity contribution is 0.279. The molecule has 2 heteroatoms. The minimum Gasteiger partial charge on any atom is -0.392 e. The van der Waals surface area contributed by atoms with E-state index in [4.69, 9.17) is 5.11 Å². The number of nitrogens with one attached hydrogen (secondary N) is 1. The SMILES string of the molecule is CC1Cc2cccc(CO)c2CN1. The molecular weight excluding hydrogens is 162 g/mol. The molecule has 1 heterocycles. The maximum Gasteiger partial charge on any atom is 0.0685 e. The third-order valence-corrected chi connectivity index (χ3v) is 2.69. The summed E-state index contributed by atoms with van der Waals surface area (Å²) in [5, 5.41) is 12.5. The molecule has 1 aromatic carbocycles. The Labute approximate surface area is 78.6 Å². The standard InChI is InChI=1S/C11H15NO/c1-8-5-9-3-2-4-10(7-13)11(9)6-12-8/h2-4,8,12-13H,5-7H2,1H3. The Hall–Kier alpha value is -0.860. The first-order valence-electron chi connectivity index (χ1n) is 4.75. The van der Waals surface area contributed by atoms with Crippen molar-refractivity contribution in [3.63, 3.8) is 0 Å². The first kappa shape index (κ1) is 8.73. The molecule has 1 aromatic rings. The fourth-order valence-electron chi connectivity index (χ4n) is 1.93. The van der Waals surface area contributed by atoms with E-state index in [-0.39, 0.29) is 6.61 Å². The molecule has 0 aliphatic carbocycles. The summed E-state index contributed by atoms with van der Waals surface area (Å²) in [5.74, 6) is 0. The van der Waals surface area contributed by atoms with Crippen LogP contribution in [-0.2, 0) is 19.6 Å². The Kier molecular flexibility index (Phi) is 2.34. The molecule has 0 saturated heterocycles. The Morgan fingerprint density at radius 3 is 3.15 bits per heavy atom. The Morgan fingerprint density at radius 1 is 1.54 bits per heavy atom. The molecule has 70 valence electrons. The average molecular weight is 177 g/mol. The van der Waals surface area contributed by atoms with E-state index in [9.17, 15) is 0 Å². The van der Waals surface area contributed by atoms with E-state index < -0.39 is 0 Å². The summed E-state index contributed by atoms with van der Waals surface area (Å²) >= 11 is 0. The van der Waals surface area contributed by atoms with Gasteiger partial charge in [-0.15, -0.1) is 0 Å². The highest BCUT2D eigenvalue weighted by Gasteiger charge is 2.15. The minimum atomic E-state index is 0.152. The van der Waals surface area contributed by atoms with Gasteiger partial charge in [0.05, 0.1) is 6.61 Å². The predicted molar refractivity (Wildman–Crippen MR) is 52.4 cm³/mol. The first-order chi connectivity index (χ1) is 6.31. The number of aliphatic hydroxyl groups is 1. The molecule has 0 fully saturated rings. The highest BCUT2D eigenvalue weighted by Crippen LogP contribution is 2.20. The maximum absolute atomic E-state index is 9.13. The molecule has 1 atom stereocenters. The summed E-state index contributed by atoms with van der Waals surface area (Å²) in [6.45, 7) is 3.24. The van der Waals surface area contributed by atoms with E-state index in [0.717, 1.165) is 18.5 Å². The third kappa shape index (κ3) is 1.60. The van der Waals surface area contributed by atoms with Crippen LogP contribution in [0, 0.1) is 0 Å². The summed E-state index contributed by atoms with van der Waals surface area (Å²) in [7, 11) is 0. The normalized spacial score (nSPS) is 21.2. The molecule has 2 N–H and O–H groups in total. The lowest BCUT2D eigenvalue weighted by Crippen LogP contribution is -2.33. The van der Waals surface area contributed by atoms with Crippen LogP contribution in [0.4, 0.5) is 0 Å². The molecular formula is C11H15NO. The smallest absolute Gasteiger partial charge is 0.0685 e. The molecule has 0 spiro atoms. The van der Waals surface area contributed by atoms with Crippen molar-refractivity contribution in [1.82, 2.24) is 5.32 Å². The summed E-state index contributed by atoms with van der Waals surface area (Å²) in [4.78, 5) is 0. The van der Waals surface area contributed by atoms with Crippen LogP contribution in [0.5, 0.6) is 0 Å². The lowest BCUT2D eigenvalue weighted by Gasteiger charge is -2.24. The van der Waals surface area contributed by atoms with E-state index in [1.54, 1.807) is 0 Å². The van der Waals surface area contributed by atoms with Crippen LogP contribution < -0.4 is 5.32 Å². The van der Waals surface area contributed by atoms with Crippen LogP contribution in [0.2, 0.25) is 0 Å². The van der Waals surface area contributed by atoms with Crippen molar-refractivity contribution in [2.75, 3.05) is 0 Å². The average Bonchev–Trinajstić information content (AvgIpc) is 2.16. The number of hydrogen-bond donors (Lipinski definition) is 2. The van der Waals surface area contributed by atoms with E-state index in [2.05, 4.69) is 18.3 Å². The van der Waals surface area contributed by atoms with Gasteiger partial charge in [0.15, 0.2) is 0 Å². The van der Waals surface area contributed by atoms with Gasteiger partial charge in [0.2, 0.25) is 0 Å². The first-order valence-corrected chi connectivity index (χ1v) is 4.75. The van der Waals surface area contributed by atoms with Gasteiger partial charge in [0, 0.05) is 12.6 Å². The minimum absolute atomic E-state index is 0.152. The molecule has 0 radical (unpaired) electrons. The third-order valence-electron chi connectivity index (χ3n) is 2.69. The van der Waals surface area contributed by atoms with Crippen molar-refractivity contribution in [2.24, 2.45) is 0 Å². The van der Waals surface area contributed by atoms with Gasteiger partial charge in [-0.25, -0.2) is 0 Å². The zero-order valence-corrected chi connectivity index (χ0v) is 7.88. The highest BCUT2D eigenvalue weighted by atomic mass is 16.3. The van der Waals surface area contributed by atoms with Gasteiger partial charge in [-0.2, -0.15) is 0 Å². The summed E-state index contributed by atoms with van der Waals surface area (Å²) in [6, 6.07) is 6.74. The monoisotopic (exact) mass is 177 g/mol. The van der Waals surface area contributed by atoms with Crippen molar-refractivity contribution >= 4 is 0 Å². The van der Waals surface area contributed by atoms with Gasteiger partial charge >= 0.3 is 0 Å². The van der Waals surface area contributed by atoms with E-state index >= 15 is 0 Å². The summed E-state index contributed by atoms with van der Waals surface area (Å²) in [6.07, 6.45) is 1.07. The van der Waals surface area contributed by atoms with Crippen molar-refractivity contribution in [3.05, 3.63) is 34.9 Å². The van der Waals surface area contributed by atoms with Crippen molar-refractivity contribution in [2.45, 2.75) is 32.5 Å². The van der Waals surface area contributed by atoms with Crippen molar-refractivity contribution in [1.29, 1.82) is 0 Å². The number of fused-ring (bicyclic) bond motifs is 1. The molecule has 1 aliphatic rings. The van der Waals surface area contributed by atoms with E-state index in [1.807, 2.05) is 12.1 Å². The number of aliphatic hydroxyl groups excluding tert-OH is 1. The molecule has 13 heavy (non-hydrogen) atoms. The van der Waals surface area contributed by atoms with Gasteiger partial charge < -0.3 is 10.4 Å². The molecule has 1 unspecified atom stereocenters. The van der Waals surface area contributed by atoms with E-state index in [1.165, 1.54) is 11.1 Å². The lowest BCUT2D eigenvalue weighted by atomic mass is 9.93. The van der Waals surface area contributed by atoms with Crippen LogP contribution in [-0.4, -0.2) is 11.1 Å². The number of hydrogen-bond acceptors (Lipinski definition) is 2. The van der Waals surface area contributed by atoms with Gasteiger partial charge in [-0.3, -0.25) is 0 Å². The van der Waals surface area contributed by atoms with Crippen LogP contribution in [0.15, 0.2) is 18.2 Å². The van der Waals surface area contributed by atoms with E-state index in [0.29, 0.717) is 6.04 Å². The molecule has 0 aromatic heterocycles. The van der Waals surface area contributed by atoms with Crippen molar-refractivity contribution < 1.29 is 5.11 Å². The predicted octanol–water partition coefficient (Wildman–Crippen LogP) is 1.21. The summed E-state index contributed by atoms with van der Waals surface area (Å²) in [5.41, 5.74) is 3.75. The molecule has 2 nitrogen and oxygen atoms in total. The molecule has 2 rings (SSSR count). The zero-order valence-electron chi connectivity index (χ0n) is 7.88. The maximum atomic E-state index is 9.13. The fourth-order valence-corrected chi connectivity index (χ4v) is 1.93. The second kappa shape index (κ2) is 3.48. The quantitative estimate of drug-likeness (QED) is 0.676. The Balaban J connectivity index is 2.39. The Morgan fingerprint density at radius 2 is 2.38 bits per heavy atom. The van der Waals surface area contributed by atoms with Crippen LogP contribution in [0.1, 0.15) is 23.6 Å². The molecule has 0 bridgehead atoms. The topological polar surface area (TPSA) is 32.3 Å². The van der Waals surface area contributed by atoms with Crippen LogP contribution >= 0.6 is 0 Å². The summed E-state index contributed by atoms with van der Waals surface area (Å²) < 4.78 is 0. The zero-order chi connectivity index (χ0) is 9.26. The molecule has 1 aliphatic heterocycles. The van der Waals surface area contributed by atoms with Gasteiger partial charge in [0.25, 0.3) is 0 Å². The highest BCUT2D eigenvalue weighted by molar-refractivity contribution is 5.36.